The van der Waals surface area contributed by atoms with Crippen molar-refractivity contribution in [2.24, 2.45) is 0 Å². The fourth-order valence-electron chi connectivity index (χ4n) is 2.13. The van der Waals surface area contributed by atoms with Crippen LogP contribution in [0, 0.1) is 0 Å². The van der Waals surface area contributed by atoms with Gasteiger partial charge in [0, 0.05) is 11.3 Å². The smallest absolute Gasteiger partial charge is 0.376 e. The first-order chi connectivity index (χ1) is 11.7. The number of carbonyl (C=O) groups is 2. The molecule has 0 unspecified atom stereocenters. The normalized spacial score (nSPS) is 11.1. The van der Waals surface area contributed by atoms with Crippen molar-refractivity contribution in [1.29, 1.82) is 0 Å². The molecule has 0 saturated heterocycles. The fraction of sp³-hybridized carbons (Fsp3) is 0.176. The van der Waals surface area contributed by atoms with E-state index in [1.807, 2.05) is 0 Å². The lowest BCUT2D eigenvalue weighted by Crippen LogP contribution is -2.23. The second-order valence-electron chi connectivity index (χ2n) is 5.20. The van der Waals surface area contributed by atoms with E-state index >= 15 is 0 Å². The second kappa shape index (κ2) is 7.57. The molecule has 2 aromatic carbocycles. The summed E-state index contributed by atoms with van der Waals surface area (Å²) in [5, 5.41) is 4.73. The summed E-state index contributed by atoms with van der Waals surface area (Å²) in [6.45, 7) is 1.10. The van der Waals surface area contributed by atoms with Crippen molar-refractivity contribution in [1.82, 2.24) is 0 Å². The molecule has 2 N–H and O–H groups in total. The summed E-state index contributed by atoms with van der Waals surface area (Å²) in [4.78, 5) is 23.5. The van der Waals surface area contributed by atoms with E-state index < -0.39 is 22.7 Å². The van der Waals surface area contributed by atoms with Crippen LogP contribution in [0.15, 0.2) is 42.5 Å². The van der Waals surface area contributed by atoms with Crippen molar-refractivity contribution in [2.45, 2.75) is 13.1 Å². The highest BCUT2D eigenvalue weighted by molar-refractivity contribution is 6.31. The molecule has 0 aliphatic heterocycles. The number of rotatable bonds is 5. The van der Waals surface area contributed by atoms with E-state index in [-0.39, 0.29) is 18.0 Å². The van der Waals surface area contributed by atoms with Crippen molar-refractivity contribution in [3.63, 3.8) is 0 Å². The Labute approximate surface area is 147 Å². The van der Waals surface area contributed by atoms with Crippen LogP contribution in [-0.2, 0) is 11.0 Å². The molecule has 0 atom stereocenters. The van der Waals surface area contributed by atoms with E-state index in [0.717, 1.165) is 12.1 Å². The van der Waals surface area contributed by atoms with E-state index in [0.29, 0.717) is 11.3 Å². The van der Waals surface area contributed by atoms with Gasteiger partial charge in [-0.3, -0.25) is 9.59 Å². The Hall–Kier alpha value is -2.54. The SMILES string of the molecule is CC(=O)c1ccccc1NC(=O)CNc1ccc(Cl)c(C(F)(F)F)c1. The molecule has 132 valence electrons. The van der Waals surface area contributed by atoms with Gasteiger partial charge in [-0.15, -0.1) is 0 Å². The molecule has 0 fully saturated rings. The minimum Gasteiger partial charge on any atom is -0.376 e. The first-order valence-electron chi connectivity index (χ1n) is 7.19. The second-order valence-corrected chi connectivity index (χ2v) is 5.60. The predicted octanol–water partition coefficient (Wildman–Crippen LogP) is 4.61. The molecule has 0 bridgehead atoms. The van der Waals surface area contributed by atoms with Gasteiger partial charge in [-0.25, -0.2) is 0 Å². The molecule has 4 nitrogen and oxygen atoms in total. The van der Waals surface area contributed by atoms with E-state index in [1.54, 1.807) is 24.3 Å². The highest BCUT2D eigenvalue weighted by Crippen LogP contribution is 2.36. The van der Waals surface area contributed by atoms with Gasteiger partial charge in [0.25, 0.3) is 0 Å². The van der Waals surface area contributed by atoms with Crippen LogP contribution in [-0.4, -0.2) is 18.2 Å². The lowest BCUT2D eigenvalue weighted by molar-refractivity contribution is -0.137. The Balaban J connectivity index is 2.05. The van der Waals surface area contributed by atoms with Crippen LogP contribution in [0.3, 0.4) is 0 Å². The lowest BCUT2D eigenvalue weighted by Gasteiger charge is -2.13. The highest BCUT2D eigenvalue weighted by atomic mass is 35.5. The van der Waals surface area contributed by atoms with Crippen LogP contribution in [0.5, 0.6) is 0 Å². The van der Waals surface area contributed by atoms with Crippen LogP contribution in [0.25, 0.3) is 0 Å². The number of carbonyl (C=O) groups excluding carboxylic acids is 2. The molecule has 2 rings (SSSR count). The molecule has 0 saturated carbocycles. The minimum atomic E-state index is -4.59. The zero-order valence-electron chi connectivity index (χ0n) is 13.1. The Morgan fingerprint density at radius 1 is 1.12 bits per heavy atom. The summed E-state index contributed by atoms with van der Waals surface area (Å²) in [5.41, 5.74) is -0.191. The largest absolute Gasteiger partial charge is 0.417 e. The lowest BCUT2D eigenvalue weighted by atomic mass is 10.1. The first kappa shape index (κ1) is 18.8. The van der Waals surface area contributed by atoms with Gasteiger partial charge in [0.15, 0.2) is 5.78 Å². The maximum absolute atomic E-state index is 12.8. The zero-order valence-corrected chi connectivity index (χ0v) is 13.8. The number of hydrogen-bond donors (Lipinski definition) is 2. The number of para-hydroxylation sites is 1. The average Bonchev–Trinajstić information content (AvgIpc) is 2.53. The molecule has 25 heavy (non-hydrogen) atoms. The van der Waals surface area contributed by atoms with Gasteiger partial charge in [0.1, 0.15) is 0 Å². The Bertz CT molecular complexity index is 807. The third-order valence-corrected chi connectivity index (χ3v) is 3.63. The molecule has 0 aliphatic carbocycles. The van der Waals surface area contributed by atoms with Crippen molar-refractivity contribution in [3.05, 3.63) is 58.6 Å². The summed E-state index contributed by atoms with van der Waals surface area (Å²) in [6.07, 6.45) is -4.59. The fourth-order valence-corrected chi connectivity index (χ4v) is 2.35. The summed E-state index contributed by atoms with van der Waals surface area (Å²) in [5.74, 6) is -0.714. The van der Waals surface area contributed by atoms with Gasteiger partial charge in [-0.2, -0.15) is 13.2 Å². The molecule has 8 heteroatoms. The number of anilines is 2. The quantitative estimate of drug-likeness (QED) is 0.755. The monoisotopic (exact) mass is 370 g/mol. The van der Waals surface area contributed by atoms with Crippen LogP contribution < -0.4 is 10.6 Å². The molecule has 0 aromatic heterocycles. The molecule has 0 radical (unpaired) electrons. The van der Waals surface area contributed by atoms with Gasteiger partial charge >= 0.3 is 6.18 Å². The number of Topliss-reactive ketones (excluding diaryl/α,β-unsaturated/α-hetero) is 1. The molecule has 0 spiro atoms. The molecule has 0 heterocycles. The van der Waals surface area contributed by atoms with Gasteiger partial charge < -0.3 is 10.6 Å². The summed E-state index contributed by atoms with van der Waals surface area (Å²) >= 11 is 5.54. The number of benzene rings is 2. The molecule has 0 aliphatic rings. The van der Waals surface area contributed by atoms with E-state index in [2.05, 4.69) is 10.6 Å². The summed E-state index contributed by atoms with van der Waals surface area (Å²) < 4.78 is 38.4. The van der Waals surface area contributed by atoms with Crippen LogP contribution in [0.1, 0.15) is 22.8 Å². The number of halogens is 4. The van der Waals surface area contributed by atoms with Crippen molar-refractivity contribution >= 4 is 34.7 Å². The van der Waals surface area contributed by atoms with E-state index in [4.69, 9.17) is 11.6 Å². The number of amides is 1. The Morgan fingerprint density at radius 2 is 1.80 bits per heavy atom. The number of nitrogens with one attached hydrogen (secondary N) is 2. The number of alkyl halides is 3. The van der Waals surface area contributed by atoms with E-state index in [1.165, 1.54) is 13.0 Å². The standard InChI is InChI=1S/C17H14ClF3N2O2/c1-10(24)12-4-2-3-5-15(12)23-16(25)9-22-11-6-7-14(18)13(8-11)17(19,20)21/h2-8,22H,9H2,1H3,(H,23,25). The minimum absolute atomic E-state index is 0.103. The zero-order chi connectivity index (χ0) is 18.6. The highest BCUT2D eigenvalue weighted by Gasteiger charge is 2.33. The molecule has 1 amide bonds. The maximum Gasteiger partial charge on any atom is 0.417 e. The van der Waals surface area contributed by atoms with Crippen LogP contribution >= 0.6 is 11.6 Å². The van der Waals surface area contributed by atoms with Gasteiger partial charge in [-0.05, 0) is 37.3 Å². The topological polar surface area (TPSA) is 58.2 Å². The third kappa shape index (κ3) is 4.96. The third-order valence-electron chi connectivity index (χ3n) is 3.31. The summed E-state index contributed by atoms with van der Waals surface area (Å²) in [7, 11) is 0. The number of hydrogen-bond acceptors (Lipinski definition) is 3. The Kier molecular flexibility index (Phi) is 5.69. The molecular weight excluding hydrogens is 357 g/mol. The number of ketones is 1. The molecular formula is C17H14ClF3N2O2. The van der Waals surface area contributed by atoms with Crippen molar-refractivity contribution in [2.75, 3.05) is 17.2 Å². The van der Waals surface area contributed by atoms with Gasteiger partial charge in [-0.1, -0.05) is 23.7 Å². The van der Waals surface area contributed by atoms with E-state index in [9.17, 15) is 22.8 Å². The van der Waals surface area contributed by atoms with Crippen LogP contribution in [0.2, 0.25) is 5.02 Å². The van der Waals surface area contributed by atoms with Gasteiger partial charge in [0.2, 0.25) is 5.91 Å². The Morgan fingerprint density at radius 3 is 2.44 bits per heavy atom. The first-order valence-corrected chi connectivity index (χ1v) is 7.56. The maximum atomic E-state index is 12.8. The average molecular weight is 371 g/mol. The van der Waals surface area contributed by atoms with Crippen molar-refractivity contribution < 1.29 is 22.8 Å². The van der Waals surface area contributed by atoms with Crippen molar-refractivity contribution in [3.8, 4) is 0 Å². The summed E-state index contributed by atoms with van der Waals surface area (Å²) in [6, 6.07) is 9.74. The molecule has 2 aromatic rings. The van der Waals surface area contributed by atoms with Gasteiger partial charge in [0.05, 0.1) is 22.8 Å². The predicted molar refractivity (Wildman–Crippen MR) is 90.0 cm³/mol. The van der Waals surface area contributed by atoms with Crippen LogP contribution in [0.4, 0.5) is 24.5 Å².